The standard InChI is InChI=1S/C21H22ClF3N4O8S/c22-14-4-8-16(9-5-14)38(32,33)29-17(18(30)36-37-19(31)21(23,24)25)12-13-2-6-15(7-3-13)34-10-1-11-35-28-20(26)27/h2-9,17,29H,1,10-12H2,(H4,26,27,28)/t17-/m0/s1. The van der Waals surface area contributed by atoms with Gasteiger partial charge in [-0.3, -0.25) is 0 Å². The summed E-state index contributed by atoms with van der Waals surface area (Å²) in [6, 6.07) is 9.03. The third-order valence-electron chi connectivity index (χ3n) is 4.32. The molecule has 1 atom stereocenters. The number of hydrogen-bond acceptors (Lipinski definition) is 9. The number of ether oxygens (including phenoxy) is 1. The van der Waals surface area contributed by atoms with Gasteiger partial charge in [-0.05, 0) is 53.5 Å². The number of rotatable bonds is 12. The van der Waals surface area contributed by atoms with E-state index in [1.807, 2.05) is 4.72 Å². The van der Waals surface area contributed by atoms with Gasteiger partial charge in [0.25, 0.3) is 0 Å². The molecule has 0 aromatic heterocycles. The maximum atomic E-state index is 12.7. The van der Waals surface area contributed by atoms with Crippen LogP contribution in [0.4, 0.5) is 13.2 Å². The molecule has 0 saturated carbocycles. The molecule has 17 heteroatoms. The fourth-order valence-electron chi connectivity index (χ4n) is 2.62. The van der Waals surface area contributed by atoms with Crippen LogP contribution in [0.3, 0.4) is 0 Å². The van der Waals surface area contributed by atoms with E-state index in [9.17, 15) is 31.2 Å². The molecule has 2 aromatic carbocycles. The molecule has 0 amide bonds. The Morgan fingerprint density at radius 2 is 1.63 bits per heavy atom. The van der Waals surface area contributed by atoms with E-state index in [0.29, 0.717) is 17.7 Å². The number of nitrogens with one attached hydrogen (secondary N) is 1. The lowest BCUT2D eigenvalue weighted by molar-refractivity contribution is -0.286. The maximum Gasteiger partial charge on any atom is 0.495 e. The zero-order valence-corrected chi connectivity index (χ0v) is 20.9. The number of sulfonamides is 1. The van der Waals surface area contributed by atoms with Crippen molar-refractivity contribution >= 4 is 39.5 Å². The molecule has 0 unspecified atom stereocenters. The van der Waals surface area contributed by atoms with Crippen LogP contribution >= 0.6 is 11.6 Å². The fourth-order valence-corrected chi connectivity index (χ4v) is 3.93. The number of alkyl halides is 3. The van der Waals surface area contributed by atoms with E-state index in [2.05, 4.69) is 14.9 Å². The summed E-state index contributed by atoms with van der Waals surface area (Å²) in [6.45, 7) is 0.423. The van der Waals surface area contributed by atoms with Crippen LogP contribution in [0, 0.1) is 0 Å². The monoisotopic (exact) mass is 582 g/mol. The molecule has 0 spiro atoms. The number of hydrogen-bond donors (Lipinski definition) is 3. The van der Waals surface area contributed by atoms with Crippen molar-refractivity contribution in [1.82, 2.24) is 4.72 Å². The Bertz CT molecular complexity index is 1220. The number of benzene rings is 2. The van der Waals surface area contributed by atoms with Crippen LogP contribution in [0.25, 0.3) is 0 Å². The van der Waals surface area contributed by atoms with E-state index in [0.717, 1.165) is 12.1 Å². The van der Waals surface area contributed by atoms with E-state index in [1.54, 1.807) is 0 Å². The molecule has 0 bridgehead atoms. The van der Waals surface area contributed by atoms with E-state index >= 15 is 0 Å². The van der Waals surface area contributed by atoms with Crippen LogP contribution in [-0.2, 0) is 40.6 Å². The Morgan fingerprint density at radius 3 is 2.21 bits per heavy atom. The Labute approximate surface area is 219 Å². The molecule has 2 aromatic rings. The van der Waals surface area contributed by atoms with Gasteiger partial charge >= 0.3 is 18.1 Å². The first-order chi connectivity index (χ1) is 17.8. The minimum atomic E-state index is -5.44. The summed E-state index contributed by atoms with van der Waals surface area (Å²) < 4.78 is 70.1. The highest BCUT2D eigenvalue weighted by Gasteiger charge is 2.43. The minimum absolute atomic E-state index is 0.187. The van der Waals surface area contributed by atoms with Gasteiger partial charge in [-0.25, -0.2) is 27.8 Å². The summed E-state index contributed by atoms with van der Waals surface area (Å²) in [6.07, 6.45) is -5.39. The van der Waals surface area contributed by atoms with Crippen LogP contribution in [0.5, 0.6) is 5.75 Å². The van der Waals surface area contributed by atoms with Crippen molar-refractivity contribution < 1.29 is 50.5 Å². The second-order valence-corrected chi connectivity index (χ2v) is 9.45. The number of halogens is 4. The van der Waals surface area contributed by atoms with Gasteiger partial charge in [0.05, 0.1) is 11.5 Å². The van der Waals surface area contributed by atoms with Gasteiger partial charge in [-0.2, -0.15) is 17.9 Å². The van der Waals surface area contributed by atoms with Crippen molar-refractivity contribution in [2.75, 3.05) is 13.2 Å². The van der Waals surface area contributed by atoms with E-state index in [-0.39, 0.29) is 35.5 Å². The van der Waals surface area contributed by atoms with Crippen LogP contribution in [0.15, 0.2) is 58.6 Å². The van der Waals surface area contributed by atoms with Gasteiger partial charge in [0.2, 0.25) is 16.0 Å². The molecule has 0 aliphatic rings. The van der Waals surface area contributed by atoms with Crippen molar-refractivity contribution in [3.05, 3.63) is 59.1 Å². The zero-order valence-electron chi connectivity index (χ0n) is 19.3. The number of carbonyl (C=O) groups is 2. The van der Waals surface area contributed by atoms with E-state index in [4.69, 9.17) is 32.6 Å². The first-order valence-electron chi connectivity index (χ1n) is 10.5. The molecule has 2 rings (SSSR count). The smallest absolute Gasteiger partial charge is 0.493 e. The third-order valence-corrected chi connectivity index (χ3v) is 6.06. The van der Waals surface area contributed by atoms with Gasteiger partial charge in [-0.1, -0.05) is 23.7 Å². The van der Waals surface area contributed by atoms with Crippen LogP contribution in [0.2, 0.25) is 5.02 Å². The fraction of sp³-hybridized carbons (Fsp3) is 0.286. The quantitative estimate of drug-likeness (QED) is 0.110. The number of carbonyl (C=O) groups excluding carboxylic acids is 2. The molecular weight excluding hydrogens is 561 g/mol. The molecule has 0 aliphatic heterocycles. The number of oxime groups is 1. The number of guanidine groups is 1. The van der Waals surface area contributed by atoms with Crippen molar-refractivity contribution in [1.29, 1.82) is 0 Å². The van der Waals surface area contributed by atoms with Crippen molar-refractivity contribution in [3.8, 4) is 5.75 Å². The number of nitrogens with two attached hydrogens (primary N) is 2. The maximum absolute atomic E-state index is 12.7. The predicted octanol–water partition coefficient (Wildman–Crippen LogP) is 1.77. The highest BCUT2D eigenvalue weighted by Crippen LogP contribution is 2.19. The average Bonchev–Trinajstić information content (AvgIpc) is 2.84. The molecule has 0 aliphatic carbocycles. The molecular formula is C21H22ClF3N4O8S. The summed E-state index contributed by atoms with van der Waals surface area (Å²) in [5, 5.41) is 3.59. The minimum Gasteiger partial charge on any atom is -0.493 e. The molecule has 5 N–H and O–H groups in total. The third kappa shape index (κ3) is 10.3. The summed E-state index contributed by atoms with van der Waals surface area (Å²) in [4.78, 5) is 35.3. The second kappa shape index (κ2) is 13.7. The van der Waals surface area contributed by atoms with Crippen molar-refractivity contribution in [2.45, 2.75) is 30.0 Å². The Balaban J connectivity index is 2.09. The van der Waals surface area contributed by atoms with Crippen LogP contribution < -0.4 is 20.9 Å². The Morgan fingerprint density at radius 1 is 1.00 bits per heavy atom. The van der Waals surface area contributed by atoms with Crippen molar-refractivity contribution in [2.24, 2.45) is 16.6 Å². The van der Waals surface area contributed by atoms with Crippen LogP contribution in [0.1, 0.15) is 12.0 Å². The van der Waals surface area contributed by atoms with Gasteiger partial charge < -0.3 is 21.0 Å². The SMILES string of the molecule is NC(N)=NOCCCOc1ccc(C[C@H](NS(=O)(=O)c2ccc(Cl)cc2)C(=O)OOC(=O)C(F)(F)F)cc1. The number of nitrogens with zero attached hydrogens (tertiary/aromatic N) is 1. The lowest BCUT2D eigenvalue weighted by Gasteiger charge is -2.17. The molecule has 0 fully saturated rings. The summed E-state index contributed by atoms with van der Waals surface area (Å²) in [5.74, 6) is -4.20. The lowest BCUT2D eigenvalue weighted by Crippen LogP contribution is -2.44. The second-order valence-electron chi connectivity index (χ2n) is 7.30. The Hall–Kier alpha value is -3.76. The van der Waals surface area contributed by atoms with E-state index < -0.39 is 34.2 Å². The van der Waals surface area contributed by atoms with Gasteiger partial charge in [0.15, 0.2) is 0 Å². The summed E-state index contributed by atoms with van der Waals surface area (Å²) in [5.41, 5.74) is 10.6. The van der Waals surface area contributed by atoms with Gasteiger partial charge in [0, 0.05) is 11.4 Å². The first kappa shape index (κ1) is 30.5. The molecule has 0 saturated heterocycles. The predicted molar refractivity (Wildman–Crippen MR) is 126 cm³/mol. The largest absolute Gasteiger partial charge is 0.495 e. The topological polar surface area (TPSA) is 182 Å². The summed E-state index contributed by atoms with van der Waals surface area (Å²) >= 11 is 5.75. The first-order valence-corrected chi connectivity index (χ1v) is 12.3. The summed E-state index contributed by atoms with van der Waals surface area (Å²) in [7, 11) is -4.38. The molecule has 38 heavy (non-hydrogen) atoms. The van der Waals surface area contributed by atoms with Crippen molar-refractivity contribution in [3.63, 3.8) is 0 Å². The molecule has 208 valence electrons. The van der Waals surface area contributed by atoms with E-state index in [1.165, 1.54) is 36.4 Å². The molecule has 0 heterocycles. The highest BCUT2D eigenvalue weighted by molar-refractivity contribution is 7.89. The Kier molecular flexibility index (Phi) is 11.0. The van der Waals surface area contributed by atoms with Crippen LogP contribution in [-0.4, -0.2) is 51.7 Å². The average molecular weight is 583 g/mol. The molecule has 0 radical (unpaired) electrons. The van der Waals surface area contributed by atoms with Gasteiger partial charge in [0.1, 0.15) is 18.4 Å². The lowest BCUT2D eigenvalue weighted by atomic mass is 10.1. The van der Waals surface area contributed by atoms with Gasteiger partial charge in [-0.15, -0.1) is 0 Å². The molecule has 12 nitrogen and oxygen atoms in total. The normalized spacial score (nSPS) is 12.2. The highest BCUT2D eigenvalue weighted by atomic mass is 35.5. The zero-order chi connectivity index (χ0) is 28.3.